The van der Waals surface area contributed by atoms with Gasteiger partial charge in [0.15, 0.2) is 11.2 Å². The number of aryl methyl sites for hydroxylation is 4. The monoisotopic (exact) mass is 384 g/mol. The highest BCUT2D eigenvalue weighted by atomic mass is 16.5. The van der Waals surface area contributed by atoms with Crippen LogP contribution in [-0.2, 0) is 37.7 Å². The highest BCUT2D eigenvalue weighted by Crippen LogP contribution is 2.14. The lowest BCUT2D eigenvalue weighted by molar-refractivity contribution is 0.0600. The normalized spacial score (nSPS) is 11.1. The predicted octanol–water partition coefficient (Wildman–Crippen LogP) is 1.51. The maximum Gasteiger partial charge on any atom is 0.337 e. The fourth-order valence-electron chi connectivity index (χ4n) is 3.38. The number of carbonyl (C=O) groups is 1. The van der Waals surface area contributed by atoms with Crippen LogP contribution in [0.4, 0.5) is 0 Å². The van der Waals surface area contributed by atoms with Crippen LogP contribution in [0, 0.1) is 0 Å². The average Bonchev–Trinajstić information content (AvgIpc) is 3.03. The minimum Gasteiger partial charge on any atom is -0.465 e. The molecular weight excluding hydrogens is 360 g/mol. The molecule has 0 aliphatic rings. The van der Waals surface area contributed by atoms with Crippen LogP contribution in [0.15, 0.2) is 33.9 Å². The van der Waals surface area contributed by atoms with Gasteiger partial charge < -0.3 is 9.30 Å². The summed E-state index contributed by atoms with van der Waals surface area (Å²) in [5.41, 5.74) is 1.78. The number of hydrogen-bond donors (Lipinski definition) is 0. The zero-order valence-corrected chi connectivity index (χ0v) is 16.6. The number of rotatable bonds is 6. The molecule has 0 unspecified atom stereocenters. The summed E-state index contributed by atoms with van der Waals surface area (Å²) in [4.78, 5) is 41.4. The van der Waals surface area contributed by atoms with Gasteiger partial charge in [0.25, 0.3) is 5.56 Å². The minimum atomic E-state index is -0.369. The van der Waals surface area contributed by atoms with Gasteiger partial charge in [0.2, 0.25) is 0 Å². The average molecular weight is 384 g/mol. The first-order valence-electron chi connectivity index (χ1n) is 9.29. The van der Waals surface area contributed by atoms with Crippen molar-refractivity contribution in [3.8, 4) is 0 Å². The molecule has 0 radical (unpaired) electrons. The van der Waals surface area contributed by atoms with E-state index in [0.717, 1.165) is 11.4 Å². The van der Waals surface area contributed by atoms with Crippen LogP contribution in [0.25, 0.3) is 11.2 Å². The largest absolute Gasteiger partial charge is 0.465 e. The van der Waals surface area contributed by atoms with E-state index >= 15 is 0 Å². The number of aromatic nitrogens is 4. The van der Waals surface area contributed by atoms with Crippen molar-refractivity contribution in [1.29, 1.82) is 0 Å². The minimum absolute atomic E-state index is 0.309. The zero-order valence-electron chi connectivity index (χ0n) is 16.6. The molecule has 0 N–H and O–H groups in total. The summed E-state index contributed by atoms with van der Waals surface area (Å²) >= 11 is 0. The van der Waals surface area contributed by atoms with Crippen molar-refractivity contribution in [1.82, 2.24) is 18.7 Å². The third-order valence-electron chi connectivity index (χ3n) is 4.98. The molecule has 1 aromatic carbocycles. The van der Waals surface area contributed by atoms with Crippen molar-refractivity contribution in [2.75, 3.05) is 7.11 Å². The second kappa shape index (κ2) is 7.84. The molecule has 3 rings (SSSR count). The number of hydrogen-bond acceptors (Lipinski definition) is 5. The molecule has 0 bridgehead atoms. The van der Waals surface area contributed by atoms with Crippen LogP contribution >= 0.6 is 0 Å². The predicted molar refractivity (Wildman–Crippen MR) is 106 cm³/mol. The number of esters is 1. The van der Waals surface area contributed by atoms with Gasteiger partial charge in [-0.25, -0.2) is 14.6 Å². The van der Waals surface area contributed by atoms with Crippen molar-refractivity contribution < 1.29 is 9.53 Å². The Morgan fingerprint density at radius 2 is 1.68 bits per heavy atom. The third kappa shape index (κ3) is 3.26. The van der Waals surface area contributed by atoms with Gasteiger partial charge in [-0.05, 0) is 38.0 Å². The number of nitrogens with zero attached hydrogens (tertiary/aromatic N) is 4. The maximum atomic E-state index is 12.7. The van der Waals surface area contributed by atoms with Gasteiger partial charge >= 0.3 is 11.7 Å². The molecule has 2 heterocycles. The molecule has 0 atom stereocenters. The molecule has 8 heteroatoms. The summed E-state index contributed by atoms with van der Waals surface area (Å²) in [5, 5.41) is 0. The summed E-state index contributed by atoms with van der Waals surface area (Å²) < 4.78 is 9.26. The fraction of sp³-hybridized carbons (Fsp3) is 0.400. The molecule has 148 valence electrons. The topological polar surface area (TPSA) is 88.1 Å². The number of ether oxygens (including phenoxy) is 1. The Hall–Kier alpha value is -3.16. The van der Waals surface area contributed by atoms with E-state index in [0.29, 0.717) is 42.7 Å². The SMILES string of the molecule is CCn1c(=O)c2c(nc(CCc3ccc(C(=O)OC)cc3)n2C)n(CC)c1=O. The standard InChI is InChI=1S/C20H24N4O4/c1-5-23-17-16(18(25)24(6-2)20(23)27)22(3)15(21-17)12-9-13-7-10-14(11-8-13)19(26)28-4/h7-8,10-11H,5-6,9,12H2,1-4H3. The molecule has 2 aromatic heterocycles. The first kappa shape index (κ1) is 19.6. The summed E-state index contributed by atoms with van der Waals surface area (Å²) in [6.45, 7) is 4.41. The number of benzene rings is 1. The van der Waals surface area contributed by atoms with E-state index in [1.54, 1.807) is 30.7 Å². The van der Waals surface area contributed by atoms with Crippen molar-refractivity contribution in [2.24, 2.45) is 7.05 Å². The molecular formula is C20H24N4O4. The maximum absolute atomic E-state index is 12.7. The Morgan fingerprint density at radius 1 is 1.04 bits per heavy atom. The Morgan fingerprint density at radius 3 is 2.25 bits per heavy atom. The number of fused-ring (bicyclic) bond motifs is 1. The van der Waals surface area contributed by atoms with Gasteiger partial charge in [0.1, 0.15) is 5.82 Å². The molecule has 0 fully saturated rings. The first-order chi connectivity index (χ1) is 13.4. The first-order valence-corrected chi connectivity index (χ1v) is 9.29. The van der Waals surface area contributed by atoms with Gasteiger partial charge in [0, 0.05) is 26.6 Å². The lowest BCUT2D eigenvalue weighted by Gasteiger charge is -2.08. The van der Waals surface area contributed by atoms with E-state index in [4.69, 9.17) is 4.74 Å². The van der Waals surface area contributed by atoms with E-state index in [9.17, 15) is 14.4 Å². The quantitative estimate of drug-likeness (QED) is 0.601. The van der Waals surface area contributed by atoms with Gasteiger partial charge in [-0.15, -0.1) is 0 Å². The van der Waals surface area contributed by atoms with Crippen molar-refractivity contribution >= 4 is 17.1 Å². The fourth-order valence-corrected chi connectivity index (χ4v) is 3.38. The number of imidazole rings is 1. The van der Waals surface area contributed by atoms with Crippen LogP contribution in [0.3, 0.4) is 0 Å². The van der Waals surface area contributed by atoms with E-state index in [-0.39, 0.29) is 17.2 Å². The lowest BCUT2D eigenvalue weighted by atomic mass is 10.1. The van der Waals surface area contributed by atoms with Crippen molar-refractivity contribution in [2.45, 2.75) is 39.8 Å². The van der Waals surface area contributed by atoms with Crippen LogP contribution < -0.4 is 11.2 Å². The van der Waals surface area contributed by atoms with E-state index < -0.39 is 0 Å². The van der Waals surface area contributed by atoms with E-state index in [1.807, 2.05) is 19.1 Å². The Bertz CT molecular complexity index is 1140. The van der Waals surface area contributed by atoms with Gasteiger partial charge in [-0.3, -0.25) is 13.9 Å². The summed E-state index contributed by atoms with van der Waals surface area (Å²) in [6.07, 6.45) is 1.29. The molecule has 0 aliphatic carbocycles. The Kier molecular flexibility index (Phi) is 5.48. The molecule has 28 heavy (non-hydrogen) atoms. The van der Waals surface area contributed by atoms with Crippen molar-refractivity contribution in [3.63, 3.8) is 0 Å². The number of methoxy groups -OCH3 is 1. The van der Waals surface area contributed by atoms with Crippen LogP contribution in [0.1, 0.15) is 35.6 Å². The lowest BCUT2D eigenvalue weighted by Crippen LogP contribution is -2.39. The second-order valence-corrected chi connectivity index (χ2v) is 6.52. The van der Waals surface area contributed by atoms with Crippen LogP contribution in [0.2, 0.25) is 0 Å². The zero-order chi connectivity index (χ0) is 20.4. The molecule has 0 saturated heterocycles. The summed E-state index contributed by atoms with van der Waals surface area (Å²) in [7, 11) is 3.15. The van der Waals surface area contributed by atoms with Crippen LogP contribution in [-0.4, -0.2) is 31.8 Å². The second-order valence-electron chi connectivity index (χ2n) is 6.52. The van der Waals surface area contributed by atoms with Gasteiger partial charge in [0.05, 0.1) is 12.7 Å². The molecule has 8 nitrogen and oxygen atoms in total. The molecule has 0 spiro atoms. The van der Waals surface area contributed by atoms with Crippen LogP contribution in [0.5, 0.6) is 0 Å². The Labute approximate surface area is 162 Å². The van der Waals surface area contributed by atoms with Gasteiger partial charge in [-0.1, -0.05) is 12.1 Å². The highest BCUT2D eigenvalue weighted by Gasteiger charge is 2.18. The smallest absolute Gasteiger partial charge is 0.337 e. The summed E-state index contributed by atoms with van der Waals surface area (Å²) in [5.74, 6) is 0.367. The molecule has 0 amide bonds. The Balaban J connectivity index is 1.95. The summed E-state index contributed by atoms with van der Waals surface area (Å²) in [6, 6.07) is 7.21. The van der Waals surface area contributed by atoms with E-state index in [2.05, 4.69) is 4.98 Å². The van der Waals surface area contributed by atoms with E-state index in [1.165, 1.54) is 16.2 Å². The molecule has 3 aromatic rings. The highest BCUT2D eigenvalue weighted by molar-refractivity contribution is 5.89. The van der Waals surface area contributed by atoms with Gasteiger partial charge in [-0.2, -0.15) is 0 Å². The molecule has 0 saturated carbocycles. The van der Waals surface area contributed by atoms with Crippen molar-refractivity contribution in [3.05, 3.63) is 62.1 Å². The molecule has 0 aliphatic heterocycles. The number of carbonyl (C=O) groups excluding carboxylic acids is 1. The third-order valence-corrected chi connectivity index (χ3v) is 4.98.